The Morgan fingerprint density at radius 2 is 1.68 bits per heavy atom. The van der Waals surface area contributed by atoms with Crippen molar-refractivity contribution in [3.8, 4) is 5.75 Å². The van der Waals surface area contributed by atoms with Gasteiger partial charge in [-0.2, -0.15) is 0 Å². The molecule has 0 bridgehead atoms. The topological polar surface area (TPSA) is 72.5 Å². The summed E-state index contributed by atoms with van der Waals surface area (Å²) in [6.45, 7) is -0.248. The van der Waals surface area contributed by atoms with Gasteiger partial charge in [-0.1, -0.05) is 41.9 Å². The molecule has 3 aromatic carbocycles. The molecule has 0 heterocycles. The molecule has 28 heavy (non-hydrogen) atoms. The summed E-state index contributed by atoms with van der Waals surface area (Å²) in [5.74, 6) is -0.217. The summed E-state index contributed by atoms with van der Waals surface area (Å²) in [7, 11) is 0. The number of aldehydes is 1. The zero-order chi connectivity index (χ0) is 19.9. The average molecular weight is 394 g/mol. The highest BCUT2D eigenvalue weighted by atomic mass is 35.5. The molecule has 5 nitrogen and oxygen atoms in total. The molecule has 0 aliphatic heterocycles. The molecule has 0 aromatic heterocycles. The van der Waals surface area contributed by atoms with Gasteiger partial charge < -0.3 is 10.1 Å². The summed E-state index contributed by atoms with van der Waals surface area (Å²) in [5, 5.41) is 3.07. The summed E-state index contributed by atoms with van der Waals surface area (Å²) in [5.41, 5.74) is 1.65. The van der Waals surface area contributed by atoms with Crippen molar-refractivity contribution in [2.45, 2.75) is 0 Å². The van der Waals surface area contributed by atoms with Crippen LogP contribution < -0.4 is 10.1 Å². The largest absolute Gasteiger partial charge is 0.484 e. The van der Waals surface area contributed by atoms with Gasteiger partial charge in [0.15, 0.2) is 12.4 Å². The van der Waals surface area contributed by atoms with Crippen LogP contribution in [-0.2, 0) is 4.79 Å². The monoisotopic (exact) mass is 393 g/mol. The van der Waals surface area contributed by atoms with Crippen LogP contribution in [0.3, 0.4) is 0 Å². The molecule has 0 atom stereocenters. The molecule has 3 aromatic rings. The first-order valence-corrected chi connectivity index (χ1v) is 8.82. The summed E-state index contributed by atoms with van der Waals surface area (Å²) >= 11 is 6.04. The number of amides is 1. The molecule has 0 aliphatic rings. The number of benzene rings is 3. The van der Waals surface area contributed by atoms with E-state index in [0.717, 1.165) is 6.29 Å². The van der Waals surface area contributed by atoms with Crippen LogP contribution in [0.25, 0.3) is 0 Å². The third-order valence-electron chi connectivity index (χ3n) is 3.92. The maximum Gasteiger partial charge on any atom is 0.262 e. The minimum atomic E-state index is -0.427. The number of carbonyl (C=O) groups is 3. The summed E-state index contributed by atoms with van der Waals surface area (Å²) in [6.07, 6.45) is 0.725. The molecule has 140 valence electrons. The Morgan fingerprint density at radius 1 is 0.964 bits per heavy atom. The number of carbonyl (C=O) groups excluding carboxylic acids is 3. The Kier molecular flexibility index (Phi) is 6.19. The summed E-state index contributed by atoms with van der Waals surface area (Å²) in [4.78, 5) is 35.7. The predicted octanol–water partition coefficient (Wildman–Crippen LogP) is 4.40. The zero-order valence-electron chi connectivity index (χ0n) is 14.7. The van der Waals surface area contributed by atoms with E-state index in [9.17, 15) is 14.4 Å². The van der Waals surface area contributed by atoms with Crippen molar-refractivity contribution in [1.82, 2.24) is 0 Å². The lowest BCUT2D eigenvalue weighted by atomic mass is 10.0. The van der Waals surface area contributed by atoms with Crippen LogP contribution in [0.5, 0.6) is 5.75 Å². The van der Waals surface area contributed by atoms with Gasteiger partial charge in [-0.05, 0) is 42.5 Å². The Bertz CT molecular complexity index is 1000. The van der Waals surface area contributed by atoms with Gasteiger partial charge in [0.1, 0.15) is 12.0 Å². The molecule has 0 saturated carbocycles. The second-order valence-corrected chi connectivity index (χ2v) is 6.35. The molecule has 0 unspecified atom stereocenters. The maximum absolute atomic E-state index is 12.8. The van der Waals surface area contributed by atoms with Crippen molar-refractivity contribution in [3.05, 3.63) is 94.5 Å². The summed E-state index contributed by atoms with van der Waals surface area (Å²) in [6, 6.07) is 19.8. The van der Waals surface area contributed by atoms with E-state index in [-0.39, 0.29) is 12.4 Å². The van der Waals surface area contributed by atoms with Crippen LogP contribution in [-0.4, -0.2) is 24.6 Å². The van der Waals surface area contributed by atoms with Gasteiger partial charge >= 0.3 is 0 Å². The van der Waals surface area contributed by atoms with E-state index in [1.165, 1.54) is 6.07 Å². The third-order valence-corrected chi connectivity index (χ3v) is 4.16. The zero-order valence-corrected chi connectivity index (χ0v) is 15.5. The lowest BCUT2D eigenvalue weighted by Gasteiger charge is -2.12. The van der Waals surface area contributed by atoms with Gasteiger partial charge in [0.2, 0.25) is 0 Å². The van der Waals surface area contributed by atoms with Gasteiger partial charge in [0.25, 0.3) is 5.91 Å². The number of ketones is 1. The molecule has 0 spiro atoms. The standard InChI is InChI=1S/C22H16ClNO4/c23-17-8-11-20(19(12-17)22(27)16-4-2-1-3-5-16)24-21(26)14-28-18-9-6-15(13-25)7-10-18/h1-13H,14H2,(H,24,26). The number of hydrogen-bond acceptors (Lipinski definition) is 4. The molecule has 1 amide bonds. The minimum absolute atomic E-state index is 0.247. The SMILES string of the molecule is O=Cc1ccc(OCC(=O)Nc2ccc(Cl)cc2C(=O)c2ccccc2)cc1. The van der Waals surface area contributed by atoms with E-state index in [1.807, 2.05) is 6.07 Å². The highest BCUT2D eigenvalue weighted by Gasteiger charge is 2.16. The van der Waals surface area contributed by atoms with Crippen LogP contribution in [0.4, 0.5) is 5.69 Å². The van der Waals surface area contributed by atoms with Crippen molar-refractivity contribution in [2.24, 2.45) is 0 Å². The van der Waals surface area contributed by atoms with Crippen molar-refractivity contribution >= 4 is 35.3 Å². The highest BCUT2D eigenvalue weighted by molar-refractivity contribution is 6.31. The Balaban J connectivity index is 1.71. The molecular formula is C22H16ClNO4. The second-order valence-electron chi connectivity index (χ2n) is 5.91. The first-order chi connectivity index (χ1) is 13.6. The van der Waals surface area contributed by atoms with Crippen LogP contribution in [0, 0.1) is 0 Å². The molecule has 0 radical (unpaired) electrons. The van der Waals surface area contributed by atoms with Gasteiger partial charge in [-0.3, -0.25) is 14.4 Å². The van der Waals surface area contributed by atoms with Gasteiger partial charge in [-0.15, -0.1) is 0 Å². The predicted molar refractivity (Wildman–Crippen MR) is 107 cm³/mol. The minimum Gasteiger partial charge on any atom is -0.484 e. The second kappa shape index (κ2) is 8.97. The molecule has 0 fully saturated rings. The lowest BCUT2D eigenvalue weighted by Crippen LogP contribution is -2.21. The van der Waals surface area contributed by atoms with Crippen molar-refractivity contribution in [2.75, 3.05) is 11.9 Å². The fourth-order valence-corrected chi connectivity index (χ4v) is 2.71. The van der Waals surface area contributed by atoms with E-state index >= 15 is 0 Å². The lowest BCUT2D eigenvalue weighted by molar-refractivity contribution is -0.118. The first kappa shape index (κ1) is 19.3. The third kappa shape index (κ3) is 4.84. The quantitative estimate of drug-likeness (QED) is 0.477. The number of ether oxygens (including phenoxy) is 1. The Labute approximate surface area is 166 Å². The van der Waals surface area contributed by atoms with E-state index in [0.29, 0.717) is 33.1 Å². The Morgan fingerprint density at radius 3 is 2.36 bits per heavy atom. The maximum atomic E-state index is 12.8. The molecule has 1 N–H and O–H groups in total. The van der Waals surface area contributed by atoms with Gasteiger partial charge in [-0.25, -0.2) is 0 Å². The van der Waals surface area contributed by atoms with Crippen molar-refractivity contribution in [3.63, 3.8) is 0 Å². The van der Waals surface area contributed by atoms with Gasteiger partial charge in [0.05, 0.1) is 5.69 Å². The normalized spacial score (nSPS) is 10.2. The molecular weight excluding hydrogens is 378 g/mol. The first-order valence-electron chi connectivity index (χ1n) is 8.44. The van der Waals surface area contributed by atoms with E-state index in [2.05, 4.69) is 5.32 Å². The fraction of sp³-hybridized carbons (Fsp3) is 0.0455. The summed E-state index contributed by atoms with van der Waals surface area (Å²) < 4.78 is 5.41. The molecule has 0 aliphatic carbocycles. The smallest absolute Gasteiger partial charge is 0.262 e. The van der Waals surface area contributed by atoms with Gasteiger partial charge in [0, 0.05) is 21.7 Å². The Hall–Kier alpha value is -3.44. The van der Waals surface area contributed by atoms with Crippen molar-refractivity contribution in [1.29, 1.82) is 0 Å². The van der Waals surface area contributed by atoms with Crippen molar-refractivity contribution < 1.29 is 19.1 Å². The number of halogens is 1. The van der Waals surface area contributed by atoms with Crippen LogP contribution in [0.2, 0.25) is 5.02 Å². The molecule has 6 heteroatoms. The van der Waals surface area contributed by atoms with Crippen LogP contribution in [0.15, 0.2) is 72.8 Å². The average Bonchev–Trinajstić information content (AvgIpc) is 2.74. The highest BCUT2D eigenvalue weighted by Crippen LogP contribution is 2.24. The van der Waals surface area contributed by atoms with E-state index < -0.39 is 5.91 Å². The molecule has 3 rings (SSSR count). The molecule has 0 saturated heterocycles. The number of anilines is 1. The van der Waals surface area contributed by atoms with E-state index in [1.54, 1.807) is 60.7 Å². The van der Waals surface area contributed by atoms with Crippen LogP contribution >= 0.6 is 11.6 Å². The fourth-order valence-electron chi connectivity index (χ4n) is 2.54. The number of hydrogen-bond donors (Lipinski definition) is 1. The number of rotatable bonds is 7. The van der Waals surface area contributed by atoms with E-state index in [4.69, 9.17) is 16.3 Å². The number of nitrogens with one attached hydrogen (secondary N) is 1. The van der Waals surface area contributed by atoms with Crippen LogP contribution in [0.1, 0.15) is 26.3 Å².